The molecule has 66 heavy (non-hydrogen) atoms. The highest BCUT2D eigenvalue weighted by molar-refractivity contribution is 6.04. The number of nitrogens with zero attached hydrogens (tertiary/aromatic N) is 2. The average Bonchev–Trinajstić information content (AvgIpc) is 3.96. The van der Waals surface area contributed by atoms with Crippen molar-refractivity contribution in [3.63, 3.8) is 0 Å². The van der Waals surface area contributed by atoms with Gasteiger partial charge in [-0.3, -0.25) is 0 Å². The highest BCUT2D eigenvalue weighted by Crippen LogP contribution is 2.50. The molecule has 306 valence electrons. The molecule has 0 saturated carbocycles. The van der Waals surface area contributed by atoms with Crippen LogP contribution in [0, 0.1) is 17.9 Å². The van der Waals surface area contributed by atoms with Crippen LogP contribution in [0.1, 0.15) is 61.2 Å². The fourth-order valence-electron chi connectivity index (χ4n) is 10.3. The summed E-state index contributed by atoms with van der Waals surface area (Å²) in [5, 5.41) is 14.3. The largest absolute Gasteiger partial charge is 0.238 e. The molecule has 0 amide bonds. The topological polar surface area (TPSA) is 28.1 Å². The molecule has 2 heteroatoms. The fraction of sp³-hybridized carbons (Fsp3) is 0.0312. The van der Waals surface area contributed by atoms with Gasteiger partial charge in [0.1, 0.15) is 0 Å². The zero-order valence-electron chi connectivity index (χ0n) is 36.1. The van der Waals surface area contributed by atoms with Crippen molar-refractivity contribution in [2.24, 2.45) is 0 Å². The summed E-state index contributed by atoms with van der Waals surface area (Å²) in [5.74, 6) is 0. The summed E-state index contributed by atoms with van der Waals surface area (Å²) >= 11 is 0. The Morgan fingerprint density at radius 1 is 0.439 bits per heavy atom. The van der Waals surface area contributed by atoms with Gasteiger partial charge in [0.05, 0.1) is 18.2 Å². The van der Waals surface area contributed by atoms with Gasteiger partial charge in [-0.25, -0.2) is 4.85 Å². The van der Waals surface area contributed by atoms with E-state index >= 15 is 0 Å². The maximum Gasteiger partial charge on any atom is 0.187 e. The first-order valence-corrected chi connectivity index (χ1v) is 22.5. The van der Waals surface area contributed by atoms with Gasteiger partial charge in [-0.15, -0.1) is 0 Å². The van der Waals surface area contributed by atoms with Gasteiger partial charge < -0.3 is 0 Å². The Bertz CT molecular complexity index is 3420. The van der Waals surface area contributed by atoms with E-state index in [9.17, 15) is 5.26 Å². The van der Waals surface area contributed by atoms with E-state index in [2.05, 4.69) is 205 Å². The monoisotopic (exact) mass is 836 g/mol. The number of hydrogen-bond acceptors (Lipinski definition) is 1. The van der Waals surface area contributed by atoms with E-state index in [-0.39, 0.29) is 0 Å². The quantitative estimate of drug-likeness (QED) is 0.111. The summed E-state index contributed by atoms with van der Waals surface area (Å²) in [7, 11) is 0. The Morgan fingerprint density at radius 2 is 0.848 bits per heavy atom. The lowest BCUT2D eigenvalue weighted by molar-refractivity contribution is 1.19. The van der Waals surface area contributed by atoms with Gasteiger partial charge >= 0.3 is 0 Å². The lowest BCUT2D eigenvalue weighted by atomic mass is 9.90. The second-order valence-electron chi connectivity index (χ2n) is 17.5. The van der Waals surface area contributed by atoms with Gasteiger partial charge in [0.2, 0.25) is 0 Å². The van der Waals surface area contributed by atoms with Crippen LogP contribution in [-0.2, 0) is 12.8 Å². The molecule has 0 atom stereocenters. The maximum atomic E-state index is 9.49. The van der Waals surface area contributed by atoms with Crippen LogP contribution in [0.3, 0.4) is 0 Å². The molecule has 0 saturated heterocycles. The van der Waals surface area contributed by atoms with Crippen LogP contribution < -0.4 is 0 Å². The Hall–Kier alpha value is -8.82. The predicted octanol–water partition coefficient (Wildman–Crippen LogP) is 16.4. The van der Waals surface area contributed by atoms with E-state index in [0.29, 0.717) is 11.3 Å². The van der Waals surface area contributed by atoms with E-state index in [1.165, 1.54) is 88.3 Å². The molecule has 0 aliphatic heterocycles. The van der Waals surface area contributed by atoms with Crippen LogP contribution in [0.15, 0.2) is 206 Å². The zero-order chi connectivity index (χ0) is 44.1. The second-order valence-corrected chi connectivity index (χ2v) is 17.5. The molecule has 2 aliphatic rings. The molecule has 0 spiro atoms. The van der Waals surface area contributed by atoms with Crippen LogP contribution in [0.4, 0.5) is 5.69 Å². The van der Waals surface area contributed by atoms with Gasteiger partial charge in [0.25, 0.3) is 0 Å². The first-order chi connectivity index (χ1) is 32.6. The molecule has 10 aromatic rings. The zero-order valence-corrected chi connectivity index (χ0v) is 36.1. The van der Waals surface area contributed by atoms with E-state index in [0.717, 1.165) is 46.2 Å². The standard InChI is InChI=1S/C64H40N2/c1-66-56-30-28-49(29-31-56)62(60-15-7-11-47-9-3-5-13-58(47)60)33-42-18-24-45(25-19-42)51-36-54-38-52-34-50(35-53-39-55(37-51)64(54)63(52)53)44-22-16-41(17-23-44)32-61(48-26-20-43(40-65)21-27-48)59-14-6-10-46-8-2-4-12-57(46)59/h2-37H,38-39H2/b61-32+,62-33+. The lowest BCUT2D eigenvalue weighted by Gasteiger charge is -2.13. The second kappa shape index (κ2) is 16.1. The first kappa shape index (κ1) is 38.8. The average molecular weight is 837 g/mol. The van der Waals surface area contributed by atoms with Gasteiger partial charge in [0, 0.05) is 0 Å². The molecular formula is C64H40N2. The van der Waals surface area contributed by atoms with Gasteiger partial charge in [-0.2, -0.15) is 5.26 Å². The Morgan fingerprint density at radius 3 is 1.27 bits per heavy atom. The van der Waals surface area contributed by atoms with Crippen molar-refractivity contribution in [2.75, 3.05) is 0 Å². The van der Waals surface area contributed by atoms with Crippen molar-refractivity contribution in [1.29, 1.82) is 5.26 Å². The van der Waals surface area contributed by atoms with Gasteiger partial charge in [-0.05, 0) is 159 Å². The molecule has 2 nitrogen and oxygen atoms in total. The van der Waals surface area contributed by atoms with Crippen LogP contribution in [0.5, 0.6) is 0 Å². The third-order valence-corrected chi connectivity index (χ3v) is 13.5. The Labute approximate surface area is 385 Å². The minimum atomic E-state index is 0.640. The molecule has 0 heterocycles. The van der Waals surface area contributed by atoms with Crippen LogP contribution in [0.25, 0.3) is 83.1 Å². The van der Waals surface area contributed by atoms with Crippen LogP contribution in [-0.4, -0.2) is 0 Å². The summed E-state index contributed by atoms with van der Waals surface area (Å²) in [5.41, 5.74) is 23.9. The summed E-state index contributed by atoms with van der Waals surface area (Å²) in [6.45, 7) is 7.49. The molecule has 0 N–H and O–H groups in total. The third-order valence-electron chi connectivity index (χ3n) is 13.5. The van der Waals surface area contributed by atoms with Crippen molar-refractivity contribution in [3.05, 3.63) is 279 Å². The first-order valence-electron chi connectivity index (χ1n) is 22.5. The molecule has 12 rings (SSSR count). The smallest absolute Gasteiger partial charge is 0.187 e. The summed E-state index contributed by atoms with van der Waals surface area (Å²) in [6, 6.07) is 75.8. The minimum Gasteiger partial charge on any atom is -0.238 e. The number of hydrogen-bond donors (Lipinski definition) is 0. The van der Waals surface area contributed by atoms with Crippen LogP contribution >= 0.6 is 0 Å². The molecule has 0 unspecified atom stereocenters. The van der Waals surface area contributed by atoms with E-state index in [1.807, 2.05) is 24.3 Å². The Balaban J connectivity index is 0.829. The van der Waals surface area contributed by atoms with Gasteiger partial charge in [0.15, 0.2) is 5.69 Å². The van der Waals surface area contributed by atoms with Crippen molar-refractivity contribution < 1.29 is 0 Å². The highest BCUT2D eigenvalue weighted by atomic mass is 14.6. The number of nitriles is 1. The van der Waals surface area contributed by atoms with E-state index < -0.39 is 0 Å². The van der Waals surface area contributed by atoms with Crippen molar-refractivity contribution in [3.8, 4) is 39.4 Å². The van der Waals surface area contributed by atoms with Crippen molar-refractivity contribution in [1.82, 2.24) is 0 Å². The molecule has 0 aromatic heterocycles. The lowest BCUT2D eigenvalue weighted by Crippen LogP contribution is -1.93. The van der Waals surface area contributed by atoms with Crippen molar-refractivity contribution in [2.45, 2.75) is 12.8 Å². The molecule has 0 radical (unpaired) electrons. The molecule has 2 aliphatic carbocycles. The maximum absolute atomic E-state index is 9.49. The van der Waals surface area contributed by atoms with Crippen molar-refractivity contribution >= 4 is 50.5 Å². The number of fused-ring (bicyclic) bond motifs is 2. The number of benzene rings is 10. The normalized spacial score (nSPS) is 12.6. The summed E-state index contributed by atoms with van der Waals surface area (Å²) < 4.78 is 0. The number of rotatable bonds is 8. The molecule has 0 bridgehead atoms. The minimum absolute atomic E-state index is 0.640. The summed E-state index contributed by atoms with van der Waals surface area (Å²) in [4.78, 5) is 3.63. The molecule has 0 fully saturated rings. The SMILES string of the molecule is [C-]#[N+]c1ccc(/C(=C\c2ccc(-c3cc4c5c(c3)Cc3cc(-c6ccc(/C=C(\c7ccc(C#N)cc7)c7cccc8ccccc78)cc6)cc(c3-5)C4)cc2)c2cccc3ccccc23)cc1. The van der Waals surface area contributed by atoms with Crippen LogP contribution in [0.2, 0.25) is 0 Å². The predicted molar refractivity (Wildman–Crippen MR) is 274 cm³/mol. The Kier molecular flexibility index (Phi) is 9.45. The fourth-order valence-corrected chi connectivity index (χ4v) is 10.3. The molecular weight excluding hydrogens is 797 g/mol. The van der Waals surface area contributed by atoms with E-state index in [1.54, 1.807) is 0 Å². The summed E-state index contributed by atoms with van der Waals surface area (Å²) in [6.07, 6.45) is 6.43. The van der Waals surface area contributed by atoms with E-state index in [4.69, 9.17) is 6.57 Å². The third kappa shape index (κ3) is 6.90. The van der Waals surface area contributed by atoms with Gasteiger partial charge in [-0.1, -0.05) is 194 Å². The molecule has 10 aromatic carbocycles. The highest BCUT2D eigenvalue weighted by Gasteiger charge is 2.31.